The average molecular weight is 365 g/mol. The molecule has 0 fully saturated rings. The van der Waals surface area contributed by atoms with Crippen LogP contribution >= 0.6 is 23.4 Å². The number of halogens is 1. The van der Waals surface area contributed by atoms with E-state index in [1.807, 2.05) is 26.8 Å². The number of amides is 1. The number of aromatic amines is 1. The Morgan fingerprint density at radius 1 is 1.38 bits per heavy atom. The van der Waals surface area contributed by atoms with E-state index in [1.54, 1.807) is 18.2 Å². The van der Waals surface area contributed by atoms with Gasteiger partial charge >= 0.3 is 0 Å². The van der Waals surface area contributed by atoms with Crippen molar-refractivity contribution >= 4 is 46.2 Å². The summed E-state index contributed by atoms with van der Waals surface area (Å²) in [5.74, 6) is 0.371. The Morgan fingerprint density at radius 3 is 2.88 bits per heavy atom. The third-order valence-electron chi connectivity index (χ3n) is 3.30. The average Bonchev–Trinajstić information content (AvgIpc) is 3.10. The zero-order chi connectivity index (χ0) is 17.3. The number of nitrogens with zero attached hydrogens (tertiary/aromatic N) is 2. The standard InChI is InChI=1S/C16H17ClN4O2S/c1-16(2,3)12-7-14(23-21-12)20-13(22)8-24-15-18-10-5-4-9(17)6-11(10)19-15/h4-7H,8H2,1-3H3,(H,18,19)(H,20,22). The van der Waals surface area contributed by atoms with E-state index in [1.165, 1.54) is 11.8 Å². The maximum atomic E-state index is 12.0. The number of carbonyl (C=O) groups is 1. The van der Waals surface area contributed by atoms with Gasteiger partial charge in [-0.1, -0.05) is 49.3 Å². The number of imidazole rings is 1. The minimum atomic E-state index is -0.185. The van der Waals surface area contributed by atoms with Crippen molar-refractivity contribution < 1.29 is 9.32 Å². The largest absolute Gasteiger partial charge is 0.338 e. The number of carbonyl (C=O) groups excluding carboxylic acids is 1. The van der Waals surface area contributed by atoms with Crippen molar-refractivity contribution in [3.8, 4) is 0 Å². The maximum absolute atomic E-state index is 12.0. The summed E-state index contributed by atoms with van der Waals surface area (Å²) < 4.78 is 5.15. The van der Waals surface area contributed by atoms with Crippen LogP contribution in [0.3, 0.4) is 0 Å². The molecule has 0 radical (unpaired) electrons. The second-order valence-corrected chi connectivity index (χ2v) is 7.77. The van der Waals surface area contributed by atoms with Crippen LogP contribution in [0.25, 0.3) is 11.0 Å². The molecule has 8 heteroatoms. The molecular weight excluding hydrogens is 348 g/mol. The van der Waals surface area contributed by atoms with E-state index in [0.717, 1.165) is 16.7 Å². The summed E-state index contributed by atoms with van der Waals surface area (Å²) >= 11 is 7.25. The molecule has 0 aliphatic carbocycles. The Bertz CT molecular complexity index is 882. The van der Waals surface area contributed by atoms with Crippen LogP contribution in [-0.4, -0.2) is 26.8 Å². The van der Waals surface area contributed by atoms with Gasteiger partial charge in [0.15, 0.2) is 5.16 Å². The summed E-state index contributed by atoms with van der Waals surface area (Å²) in [6.45, 7) is 6.08. The first-order chi connectivity index (χ1) is 11.3. The van der Waals surface area contributed by atoms with Crippen LogP contribution in [-0.2, 0) is 10.2 Å². The van der Waals surface area contributed by atoms with Crippen LogP contribution in [0.1, 0.15) is 26.5 Å². The molecule has 126 valence electrons. The fraction of sp³-hybridized carbons (Fsp3) is 0.312. The van der Waals surface area contributed by atoms with E-state index >= 15 is 0 Å². The Labute approximate surface area is 148 Å². The minimum absolute atomic E-state index is 0.128. The number of H-pyrrole nitrogens is 1. The topological polar surface area (TPSA) is 83.8 Å². The Hall–Kier alpha value is -1.99. The number of anilines is 1. The number of rotatable bonds is 4. The van der Waals surface area contributed by atoms with E-state index in [9.17, 15) is 4.79 Å². The lowest BCUT2D eigenvalue weighted by Gasteiger charge is -2.12. The molecule has 0 spiro atoms. The molecular formula is C16H17ClN4O2S. The molecule has 0 bridgehead atoms. The molecule has 1 amide bonds. The SMILES string of the molecule is CC(C)(C)c1cc(NC(=O)CSc2nc3ccc(Cl)cc3[nH]2)on1. The number of benzene rings is 1. The third-order valence-corrected chi connectivity index (χ3v) is 4.41. The number of hydrogen-bond donors (Lipinski definition) is 2. The predicted molar refractivity (Wildman–Crippen MR) is 95.7 cm³/mol. The van der Waals surface area contributed by atoms with Crippen LogP contribution < -0.4 is 5.32 Å². The Morgan fingerprint density at radius 2 is 2.17 bits per heavy atom. The van der Waals surface area contributed by atoms with Crippen molar-refractivity contribution in [2.24, 2.45) is 0 Å². The number of thioether (sulfide) groups is 1. The quantitative estimate of drug-likeness (QED) is 0.677. The van der Waals surface area contributed by atoms with Crippen LogP contribution in [0.15, 0.2) is 33.9 Å². The molecule has 0 unspecified atom stereocenters. The molecule has 0 saturated carbocycles. The van der Waals surface area contributed by atoms with Crippen LogP contribution in [0.4, 0.5) is 5.88 Å². The maximum Gasteiger partial charge on any atom is 0.237 e. The molecule has 24 heavy (non-hydrogen) atoms. The summed E-state index contributed by atoms with van der Waals surface area (Å²) in [7, 11) is 0. The number of nitrogens with one attached hydrogen (secondary N) is 2. The fourth-order valence-corrected chi connectivity index (χ4v) is 2.88. The lowest BCUT2D eigenvalue weighted by atomic mass is 9.92. The molecule has 1 aromatic carbocycles. The van der Waals surface area contributed by atoms with Gasteiger partial charge in [-0.2, -0.15) is 0 Å². The zero-order valence-electron chi connectivity index (χ0n) is 13.5. The number of hydrogen-bond acceptors (Lipinski definition) is 5. The van der Waals surface area contributed by atoms with Gasteiger partial charge in [0, 0.05) is 16.5 Å². The predicted octanol–water partition coefficient (Wildman–Crippen LogP) is 4.23. The van der Waals surface area contributed by atoms with Crippen molar-refractivity contribution in [2.45, 2.75) is 31.3 Å². The summed E-state index contributed by atoms with van der Waals surface area (Å²) in [6.07, 6.45) is 0. The van der Waals surface area contributed by atoms with Crippen molar-refractivity contribution in [2.75, 3.05) is 11.1 Å². The summed E-state index contributed by atoms with van der Waals surface area (Å²) in [5.41, 5.74) is 2.32. The Balaban J connectivity index is 1.59. The van der Waals surface area contributed by atoms with Crippen molar-refractivity contribution in [3.05, 3.63) is 35.0 Å². The van der Waals surface area contributed by atoms with Crippen molar-refractivity contribution in [1.29, 1.82) is 0 Å². The van der Waals surface area contributed by atoms with Gasteiger partial charge in [-0.05, 0) is 18.2 Å². The van der Waals surface area contributed by atoms with Crippen molar-refractivity contribution in [1.82, 2.24) is 15.1 Å². The molecule has 2 heterocycles. The first-order valence-electron chi connectivity index (χ1n) is 7.36. The lowest BCUT2D eigenvalue weighted by molar-refractivity contribution is -0.113. The molecule has 2 aromatic heterocycles. The van der Waals surface area contributed by atoms with Gasteiger partial charge < -0.3 is 9.51 Å². The summed E-state index contributed by atoms with van der Waals surface area (Å²) in [5, 5.41) is 7.97. The number of fused-ring (bicyclic) bond motifs is 1. The second kappa shape index (κ2) is 6.49. The highest BCUT2D eigenvalue weighted by molar-refractivity contribution is 7.99. The van der Waals surface area contributed by atoms with Crippen molar-refractivity contribution in [3.63, 3.8) is 0 Å². The van der Waals surface area contributed by atoms with Gasteiger partial charge in [0.1, 0.15) is 0 Å². The molecule has 0 saturated heterocycles. The second-order valence-electron chi connectivity index (χ2n) is 6.37. The van der Waals surface area contributed by atoms with E-state index in [0.29, 0.717) is 16.1 Å². The fourth-order valence-electron chi connectivity index (χ4n) is 2.02. The van der Waals surface area contributed by atoms with E-state index < -0.39 is 0 Å². The molecule has 3 aromatic rings. The summed E-state index contributed by atoms with van der Waals surface area (Å²) in [6, 6.07) is 7.16. The van der Waals surface area contributed by atoms with Crippen LogP contribution in [0, 0.1) is 0 Å². The molecule has 6 nitrogen and oxygen atoms in total. The Kier molecular flexibility index (Phi) is 4.56. The van der Waals surface area contributed by atoms with Gasteiger partial charge in [0.05, 0.1) is 22.5 Å². The van der Waals surface area contributed by atoms with E-state index in [-0.39, 0.29) is 17.1 Å². The number of aromatic nitrogens is 3. The third kappa shape index (κ3) is 3.91. The normalized spacial score (nSPS) is 11.8. The van der Waals surface area contributed by atoms with E-state index in [2.05, 4.69) is 20.4 Å². The molecule has 0 aliphatic heterocycles. The molecule has 3 rings (SSSR count). The van der Waals surface area contributed by atoms with E-state index in [4.69, 9.17) is 16.1 Å². The lowest BCUT2D eigenvalue weighted by Crippen LogP contribution is -2.14. The molecule has 2 N–H and O–H groups in total. The zero-order valence-corrected chi connectivity index (χ0v) is 15.1. The first-order valence-corrected chi connectivity index (χ1v) is 8.73. The highest BCUT2D eigenvalue weighted by Crippen LogP contribution is 2.25. The highest BCUT2D eigenvalue weighted by Gasteiger charge is 2.19. The summed E-state index contributed by atoms with van der Waals surface area (Å²) in [4.78, 5) is 19.6. The monoisotopic (exact) mass is 364 g/mol. The van der Waals surface area contributed by atoms with Gasteiger partial charge in [-0.25, -0.2) is 4.98 Å². The first kappa shape index (κ1) is 16.9. The van der Waals surface area contributed by atoms with Gasteiger partial charge in [-0.15, -0.1) is 0 Å². The smallest absolute Gasteiger partial charge is 0.237 e. The highest BCUT2D eigenvalue weighted by atomic mass is 35.5. The molecule has 0 aliphatic rings. The van der Waals surface area contributed by atoms with Crippen LogP contribution in [0.5, 0.6) is 0 Å². The van der Waals surface area contributed by atoms with Crippen LogP contribution in [0.2, 0.25) is 5.02 Å². The minimum Gasteiger partial charge on any atom is -0.338 e. The van der Waals surface area contributed by atoms with Gasteiger partial charge in [-0.3, -0.25) is 10.1 Å². The van der Waals surface area contributed by atoms with Gasteiger partial charge in [0.25, 0.3) is 0 Å². The molecule has 0 atom stereocenters. The van der Waals surface area contributed by atoms with Gasteiger partial charge in [0.2, 0.25) is 11.8 Å².